The Bertz CT molecular complexity index is 1460. The average molecular weight is 424 g/mol. The molecule has 1 heterocycles. The SMILES string of the molecule is Cn1nc(/C(O)=C(/C#N)S(=O)(=O)c2cccc(Cl)c2)c2ccc3ccccc3c21. The van der Waals surface area contributed by atoms with Crippen molar-refractivity contribution in [3.63, 3.8) is 0 Å². The van der Waals surface area contributed by atoms with Crippen molar-refractivity contribution in [1.82, 2.24) is 9.78 Å². The molecule has 1 aromatic heterocycles. The van der Waals surface area contributed by atoms with Crippen LogP contribution < -0.4 is 0 Å². The van der Waals surface area contributed by atoms with Crippen molar-refractivity contribution >= 4 is 48.9 Å². The number of sulfone groups is 1. The molecule has 0 aliphatic carbocycles. The number of aliphatic hydroxyl groups is 1. The third-order valence-electron chi connectivity index (χ3n) is 4.65. The zero-order valence-electron chi connectivity index (χ0n) is 15.2. The van der Waals surface area contributed by atoms with Gasteiger partial charge >= 0.3 is 0 Å². The van der Waals surface area contributed by atoms with E-state index in [0.29, 0.717) is 5.39 Å². The third kappa shape index (κ3) is 3.03. The standard InChI is InChI=1S/C21H14ClN3O3S/c1-25-20-16-8-3-2-5-13(16)9-10-17(20)19(24-25)21(26)18(12-23)29(27,28)15-7-4-6-14(22)11-15/h2-11,26H,1H3/b21-18+. The van der Waals surface area contributed by atoms with Crippen LogP contribution in [0.15, 0.2) is 70.5 Å². The Hall–Kier alpha value is -3.34. The van der Waals surface area contributed by atoms with Crippen LogP contribution in [0.2, 0.25) is 5.02 Å². The van der Waals surface area contributed by atoms with E-state index in [-0.39, 0.29) is 15.6 Å². The summed E-state index contributed by atoms with van der Waals surface area (Å²) in [6, 6.07) is 18.4. The Kier molecular flexibility index (Phi) is 4.53. The fourth-order valence-corrected chi connectivity index (χ4v) is 4.83. The quantitative estimate of drug-likeness (QED) is 0.383. The van der Waals surface area contributed by atoms with Gasteiger partial charge in [-0.3, -0.25) is 4.68 Å². The number of hydrogen-bond donors (Lipinski definition) is 1. The lowest BCUT2D eigenvalue weighted by Crippen LogP contribution is -2.07. The first-order chi connectivity index (χ1) is 13.8. The van der Waals surface area contributed by atoms with Crippen molar-refractivity contribution in [2.75, 3.05) is 0 Å². The van der Waals surface area contributed by atoms with Crippen LogP contribution in [0.4, 0.5) is 0 Å². The molecule has 0 spiro atoms. The van der Waals surface area contributed by atoms with Crippen LogP contribution in [0.25, 0.3) is 27.4 Å². The molecule has 0 unspecified atom stereocenters. The van der Waals surface area contributed by atoms with Crippen LogP contribution in [0.1, 0.15) is 5.69 Å². The van der Waals surface area contributed by atoms with Crippen LogP contribution in [0.3, 0.4) is 0 Å². The van der Waals surface area contributed by atoms with E-state index >= 15 is 0 Å². The number of aromatic nitrogens is 2. The topological polar surface area (TPSA) is 96.0 Å². The fourth-order valence-electron chi connectivity index (χ4n) is 3.32. The van der Waals surface area contributed by atoms with Gasteiger partial charge < -0.3 is 5.11 Å². The molecule has 29 heavy (non-hydrogen) atoms. The molecule has 144 valence electrons. The number of fused-ring (bicyclic) bond motifs is 3. The molecule has 0 radical (unpaired) electrons. The maximum absolute atomic E-state index is 13.0. The number of hydrogen-bond acceptors (Lipinski definition) is 5. The van der Waals surface area contributed by atoms with E-state index in [2.05, 4.69) is 5.10 Å². The van der Waals surface area contributed by atoms with Crippen molar-refractivity contribution in [3.05, 3.63) is 76.3 Å². The maximum atomic E-state index is 13.0. The van der Waals surface area contributed by atoms with Crippen molar-refractivity contribution < 1.29 is 13.5 Å². The van der Waals surface area contributed by atoms with Crippen molar-refractivity contribution in [2.24, 2.45) is 7.05 Å². The van der Waals surface area contributed by atoms with Crippen molar-refractivity contribution in [2.45, 2.75) is 4.90 Å². The zero-order valence-corrected chi connectivity index (χ0v) is 16.7. The summed E-state index contributed by atoms with van der Waals surface area (Å²) in [5, 5.41) is 27.3. The largest absolute Gasteiger partial charge is 0.504 e. The van der Waals surface area contributed by atoms with E-state index in [1.165, 1.54) is 24.3 Å². The van der Waals surface area contributed by atoms with Crippen LogP contribution in [-0.4, -0.2) is 23.3 Å². The van der Waals surface area contributed by atoms with Gasteiger partial charge in [0.1, 0.15) is 11.8 Å². The molecular formula is C21H14ClN3O3S. The normalized spacial score (nSPS) is 12.7. The van der Waals surface area contributed by atoms with E-state index in [9.17, 15) is 18.8 Å². The Morgan fingerprint density at radius 2 is 1.86 bits per heavy atom. The highest BCUT2D eigenvalue weighted by Crippen LogP contribution is 2.33. The zero-order chi connectivity index (χ0) is 20.8. The molecule has 3 aromatic carbocycles. The molecule has 8 heteroatoms. The van der Waals surface area contributed by atoms with Gasteiger partial charge in [-0.2, -0.15) is 10.4 Å². The third-order valence-corrected chi connectivity index (χ3v) is 6.58. The number of benzene rings is 3. The summed E-state index contributed by atoms with van der Waals surface area (Å²) < 4.78 is 27.5. The van der Waals surface area contributed by atoms with E-state index in [1.54, 1.807) is 23.9 Å². The van der Waals surface area contributed by atoms with E-state index in [0.717, 1.165) is 16.3 Å². The highest BCUT2D eigenvalue weighted by Gasteiger charge is 2.28. The molecule has 4 rings (SSSR count). The number of nitriles is 1. The molecule has 0 amide bonds. The van der Waals surface area contributed by atoms with Crippen molar-refractivity contribution in [1.29, 1.82) is 5.26 Å². The van der Waals surface area contributed by atoms with Gasteiger partial charge in [-0.05, 0) is 29.7 Å². The van der Waals surface area contributed by atoms with Gasteiger partial charge in [-0.1, -0.05) is 48.0 Å². The molecular weight excluding hydrogens is 410 g/mol. The number of aliphatic hydroxyl groups excluding tert-OH is 1. The van der Waals surface area contributed by atoms with Gasteiger partial charge in [-0.15, -0.1) is 0 Å². The number of rotatable bonds is 3. The first kappa shape index (κ1) is 19.0. The van der Waals surface area contributed by atoms with Gasteiger partial charge in [0.05, 0.1) is 10.4 Å². The fraction of sp³-hybridized carbons (Fsp3) is 0.0476. The molecule has 4 aromatic rings. The molecule has 0 aliphatic heterocycles. The minimum absolute atomic E-state index is 0.0235. The first-order valence-corrected chi connectivity index (χ1v) is 10.4. The Balaban J connectivity index is 2.00. The second-order valence-corrected chi connectivity index (χ2v) is 8.73. The Morgan fingerprint density at radius 1 is 1.10 bits per heavy atom. The van der Waals surface area contributed by atoms with E-state index < -0.39 is 20.5 Å². The van der Waals surface area contributed by atoms with Crippen LogP contribution in [0, 0.1) is 11.3 Å². The minimum Gasteiger partial charge on any atom is -0.504 e. The van der Waals surface area contributed by atoms with Crippen molar-refractivity contribution in [3.8, 4) is 6.07 Å². The second kappa shape index (κ2) is 6.92. The van der Waals surface area contributed by atoms with Gasteiger partial charge in [0.15, 0.2) is 10.7 Å². The molecule has 0 saturated heterocycles. The maximum Gasteiger partial charge on any atom is 0.220 e. The first-order valence-electron chi connectivity index (χ1n) is 8.53. The minimum atomic E-state index is -4.29. The van der Waals surface area contributed by atoms with Crippen LogP contribution >= 0.6 is 11.6 Å². The molecule has 0 atom stereocenters. The lowest BCUT2D eigenvalue weighted by molar-refractivity contribution is 0.505. The lowest BCUT2D eigenvalue weighted by atomic mass is 10.1. The van der Waals surface area contributed by atoms with Gasteiger partial charge in [0, 0.05) is 22.8 Å². The lowest BCUT2D eigenvalue weighted by Gasteiger charge is -2.06. The number of aryl methyl sites for hydroxylation is 1. The van der Waals surface area contributed by atoms with Crippen LogP contribution in [0.5, 0.6) is 0 Å². The molecule has 6 nitrogen and oxygen atoms in total. The highest BCUT2D eigenvalue weighted by molar-refractivity contribution is 7.95. The molecule has 0 fully saturated rings. The Morgan fingerprint density at radius 3 is 2.59 bits per heavy atom. The van der Waals surface area contributed by atoms with Gasteiger partial charge in [-0.25, -0.2) is 8.42 Å². The smallest absolute Gasteiger partial charge is 0.220 e. The molecule has 0 bridgehead atoms. The van der Waals surface area contributed by atoms with Gasteiger partial charge in [0.25, 0.3) is 0 Å². The Labute approximate surface area is 171 Å². The summed E-state index contributed by atoms with van der Waals surface area (Å²) in [6.07, 6.45) is 0. The van der Waals surface area contributed by atoms with E-state index in [1.807, 2.05) is 30.3 Å². The average Bonchev–Trinajstić information content (AvgIpc) is 3.05. The molecule has 0 aliphatic rings. The number of nitrogens with zero attached hydrogens (tertiary/aromatic N) is 3. The highest BCUT2D eigenvalue weighted by atomic mass is 35.5. The predicted molar refractivity (Wildman–Crippen MR) is 112 cm³/mol. The monoisotopic (exact) mass is 423 g/mol. The number of halogens is 1. The molecule has 1 N–H and O–H groups in total. The number of allylic oxidation sites excluding steroid dienone is 1. The molecule has 0 saturated carbocycles. The summed E-state index contributed by atoms with van der Waals surface area (Å²) >= 11 is 5.89. The second-order valence-electron chi connectivity index (χ2n) is 6.41. The summed E-state index contributed by atoms with van der Waals surface area (Å²) in [5.74, 6) is -0.701. The summed E-state index contributed by atoms with van der Waals surface area (Å²) in [7, 11) is -2.59. The van der Waals surface area contributed by atoms with Gasteiger partial charge in [0.2, 0.25) is 9.84 Å². The van der Waals surface area contributed by atoms with Crippen LogP contribution in [-0.2, 0) is 16.9 Å². The van der Waals surface area contributed by atoms with E-state index in [4.69, 9.17) is 11.6 Å². The summed E-state index contributed by atoms with van der Waals surface area (Å²) in [4.78, 5) is -0.966. The summed E-state index contributed by atoms with van der Waals surface area (Å²) in [5.41, 5.74) is 0.748. The summed E-state index contributed by atoms with van der Waals surface area (Å²) in [6.45, 7) is 0. The predicted octanol–water partition coefficient (Wildman–Crippen LogP) is 4.60.